The molecule has 0 aromatic carbocycles. The van der Waals surface area contributed by atoms with E-state index in [1.54, 1.807) is 12.1 Å². The third kappa shape index (κ3) is 3.03. The summed E-state index contributed by atoms with van der Waals surface area (Å²) in [7, 11) is -3.50. The average Bonchev–Trinajstić information content (AvgIpc) is 2.51. The Morgan fingerprint density at radius 1 is 0.550 bits per heavy atom. The molecular formula is C16H41NSi3. The number of hydrogen-bond donors (Lipinski definition) is 1. The van der Waals surface area contributed by atoms with Gasteiger partial charge in [0.05, 0.1) is 7.11 Å². The zero-order chi connectivity index (χ0) is 15.9. The minimum atomic E-state index is -1.27. The van der Waals surface area contributed by atoms with Crippen molar-refractivity contribution in [2.75, 3.05) is 6.54 Å². The Labute approximate surface area is 132 Å². The minimum Gasteiger partial charge on any atom is -0.339 e. The lowest BCUT2D eigenvalue weighted by molar-refractivity contribution is 0.941. The molecule has 20 heavy (non-hydrogen) atoms. The van der Waals surface area contributed by atoms with Gasteiger partial charge in [-0.2, -0.15) is 0 Å². The summed E-state index contributed by atoms with van der Waals surface area (Å²) in [4.78, 5) is 4.18. The van der Waals surface area contributed by atoms with E-state index in [9.17, 15) is 0 Å². The second-order valence-corrected chi connectivity index (χ2v) is 31.9. The molecule has 0 amide bonds. The van der Waals surface area contributed by atoms with E-state index in [0.29, 0.717) is 0 Å². The van der Waals surface area contributed by atoms with Crippen LogP contribution in [0.25, 0.3) is 0 Å². The zero-order valence-corrected chi connectivity index (χ0v) is 18.7. The first-order chi connectivity index (χ1) is 9.49. The van der Waals surface area contributed by atoms with Crippen molar-refractivity contribution in [3.05, 3.63) is 0 Å². The van der Waals surface area contributed by atoms with Crippen molar-refractivity contribution in [1.82, 2.24) is 4.98 Å². The van der Waals surface area contributed by atoms with Crippen LogP contribution in [0.1, 0.15) is 55.4 Å². The summed E-state index contributed by atoms with van der Waals surface area (Å²) in [6, 6.07) is 10.6. The van der Waals surface area contributed by atoms with Gasteiger partial charge in [0.2, 0.25) is 0 Å². The van der Waals surface area contributed by atoms with E-state index in [2.05, 4.69) is 60.4 Å². The molecule has 0 heterocycles. The summed E-state index contributed by atoms with van der Waals surface area (Å²) in [6.07, 6.45) is 0. The first kappa shape index (κ1) is 20.6. The van der Waals surface area contributed by atoms with Gasteiger partial charge in [0, 0.05) is 7.59 Å². The Morgan fingerprint density at radius 2 is 0.950 bits per heavy atom. The molecule has 0 aliphatic carbocycles. The molecule has 0 aromatic rings. The molecule has 122 valence electrons. The van der Waals surface area contributed by atoms with Crippen molar-refractivity contribution in [2.45, 2.75) is 97.7 Å². The van der Waals surface area contributed by atoms with E-state index in [0.717, 1.165) is 0 Å². The molecule has 4 heteroatoms. The highest BCUT2D eigenvalue weighted by Gasteiger charge is 2.60. The van der Waals surface area contributed by atoms with Crippen LogP contribution < -0.4 is 4.98 Å². The summed E-state index contributed by atoms with van der Waals surface area (Å²) in [5.41, 5.74) is 0. The van der Waals surface area contributed by atoms with Crippen molar-refractivity contribution >= 4 is 22.5 Å². The molecular weight excluding hydrogens is 290 g/mol. The molecule has 0 saturated heterocycles. The lowest BCUT2D eigenvalue weighted by atomic mass is 10.8. The lowest BCUT2D eigenvalue weighted by Crippen LogP contribution is -2.81. The highest BCUT2D eigenvalue weighted by Crippen LogP contribution is 2.43. The van der Waals surface area contributed by atoms with Gasteiger partial charge in [-0.05, 0) is 18.6 Å². The van der Waals surface area contributed by atoms with Gasteiger partial charge in [0.15, 0.2) is 0 Å². The van der Waals surface area contributed by atoms with Crippen molar-refractivity contribution in [2.24, 2.45) is 0 Å². The second kappa shape index (κ2) is 8.91. The van der Waals surface area contributed by atoms with E-state index >= 15 is 0 Å². The van der Waals surface area contributed by atoms with Gasteiger partial charge in [0.25, 0.3) is 0 Å². The van der Waals surface area contributed by atoms with Gasteiger partial charge in [0.1, 0.15) is 7.75 Å². The largest absolute Gasteiger partial charge is 0.339 e. The topological polar surface area (TPSA) is 12.0 Å². The standard InChI is InChI=1S/C16H41NSi3/c1-9-17-19(13-5,14-6)20(15-7,16-8)18(10-2,11-3)12-4/h17H,9-16H2,1-8H3. The van der Waals surface area contributed by atoms with Crippen LogP contribution >= 0.6 is 0 Å². The molecule has 0 aromatic heterocycles. The van der Waals surface area contributed by atoms with Crippen LogP contribution in [-0.2, 0) is 0 Å². The number of hydrogen-bond acceptors (Lipinski definition) is 1. The maximum atomic E-state index is 4.18. The van der Waals surface area contributed by atoms with Gasteiger partial charge >= 0.3 is 0 Å². The van der Waals surface area contributed by atoms with Gasteiger partial charge in [-0.15, -0.1) is 0 Å². The van der Waals surface area contributed by atoms with Gasteiger partial charge in [-0.1, -0.05) is 85.6 Å². The van der Waals surface area contributed by atoms with Crippen LogP contribution in [0.5, 0.6) is 0 Å². The summed E-state index contributed by atoms with van der Waals surface area (Å²) in [5, 5.41) is 0. The fourth-order valence-electron chi connectivity index (χ4n) is 5.63. The normalized spacial score (nSPS) is 13.8. The molecule has 0 unspecified atom stereocenters. The van der Waals surface area contributed by atoms with Crippen LogP contribution in [0.4, 0.5) is 0 Å². The Bertz CT molecular complexity index is 248. The maximum absolute atomic E-state index is 4.18. The van der Waals surface area contributed by atoms with Crippen LogP contribution in [-0.4, -0.2) is 29.0 Å². The quantitative estimate of drug-likeness (QED) is 0.476. The number of nitrogens with one attached hydrogen (secondary N) is 1. The highest BCUT2D eigenvalue weighted by atomic mass is 29.6. The van der Waals surface area contributed by atoms with Crippen molar-refractivity contribution in [3.8, 4) is 0 Å². The monoisotopic (exact) mass is 331 g/mol. The van der Waals surface area contributed by atoms with E-state index in [1.807, 2.05) is 0 Å². The highest BCUT2D eigenvalue weighted by molar-refractivity contribution is 7.69. The minimum absolute atomic E-state index is 1.07. The molecule has 0 spiro atoms. The van der Waals surface area contributed by atoms with Crippen LogP contribution in [0.3, 0.4) is 0 Å². The first-order valence-corrected chi connectivity index (χ1v) is 18.7. The Kier molecular flexibility index (Phi) is 9.18. The summed E-state index contributed by atoms with van der Waals surface area (Å²) < 4.78 is 0. The number of rotatable bonds is 11. The molecule has 1 nitrogen and oxygen atoms in total. The SMILES string of the molecule is CCN[Si](CC)(CC)[Si](CC)(CC)[Si](CC)(CC)CC. The molecule has 0 aliphatic rings. The van der Waals surface area contributed by atoms with E-state index in [1.165, 1.54) is 36.8 Å². The maximum Gasteiger partial charge on any atom is 0.112 e. The van der Waals surface area contributed by atoms with Crippen LogP contribution in [0.15, 0.2) is 0 Å². The third-order valence-electron chi connectivity index (χ3n) is 6.89. The lowest BCUT2D eigenvalue weighted by Gasteiger charge is -2.57. The predicted octanol–water partition coefficient (Wildman–Crippen LogP) is 5.74. The molecule has 0 bridgehead atoms. The van der Waals surface area contributed by atoms with Crippen LogP contribution in [0.2, 0.25) is 42.3 Å². The van der Waals surface area contributed by atoms with E-state index < -0.39 is 22.5 Å². The van der Waals surface area contributed by atoms with E-state index in [4.69, 9.17) is 0 Å². The smallest absolute Gasteiger partial charge is 0.112 e. The predicted molar refractivity (Wildman–Crippen MR) is 104 cm³/mol. The Hall–Kier alpha value is 0.611. The van der Waals surface area contributed by atoms with Crippen molar-refractivity contribution in [1.29, 1.82) is 0 Å². The Morgan fingerprint density at radius 3 is 1.15 bits per heavy atom. The molecule has 0 saturated carbocycles. The third-order valence-corrected chi connectivity index (χ3v) is 51.4. The fraction of sp³-hybridized carbons (Fsp3) is 1.00. The van der Waals surface area contributed by atoms with Gasteiger partial charge in [-0.3, -0.25) is 0 Å². The van der Waals surface area contributed by atoms with E-state index in [-0.39, 0.29) is 0 Å². The molecule has 0 radical (unpaired) electrons. The Balaban J connectivity index is 6.13. The molecule has 0 aliphatic heterocycles. The summed E-state index contributed by atoms with van der Waals surface area (Å²) in [5.74, 6) is 0. The van der Waals surface area contributed by atoms with Crippen molar-refractivity contribution < 1.29 is 0 Å². The van der Waals surface area contributed by atoms with Gasteiger partial charge in [-0.25, -0.2) is 0 Å². The molecule has 0 rings (SSSR count). The fourth-order valence-corrected chi connectivity index (χ4v) is 58.1. The zero-order valence-electron chi connectivity index (χ0n) is 15.7. The first-order valence-electron chi connectivity index (χ1n) is 9.24. The van der Waals surface area contributed by atoms with Crippen LogP contribution in [0, 0.1) is 0 Å². The molecule has 0 atom stereocenters. The average molecular weight is 332 g/mol. The summed E-state index contributed by atoms with van der Waals surface area (Å²) in [6.45, 7) is 21.3. The van der Waals surface area contributed by atoms with Gasteiger partial charge < -0.3 is 4.98 Å². The van der Waals surface area contributed by atoms with Crippen molar-refractivity contribution in [3.63, 3.8) is 0 Å². The summed E-state index contributed by atoms with van der Waals surface area (Å²) >= 11 is 0. The molecule has 0 fully saturated rings. The second-order valence-electron chi connectivity index (χ2n) is 6.45. The molecule has 1 N–H and O–H groups in total.